The number of hydrogen-bond acceptors (Lipinski definition) is 5. The molecule has 3 heterocycles. The van der Waals surface area contributed by atoms with E-state index >= 15 is 0 Å². The lowest BCUT2D eigenvalue weighted by Gasteiger charge is -2.32. The van der Waals surface area contributed by atoms with Crippen LogP contribution in [0.25, 0.3) is 5.70 Å². The van der Waals surface area contributed by atoms with Gasteiger partial charge in [-0.05, 0) is 59.4 Å². The van der Waals surface area contributed by atoms with Crippen LogP contribution in [-0.2, 0) is 17.6 Å². The summed E-state index contributed by atoms with van der Waals surface area (Å²) in [4.78, 5) is 4.50. The van der Waals surface area contributed by atoms with Gasteiger partial charge in [0.15, 0.2) is 6.23 Å². The maximum absolute atomic E-state index is 9.75. The highest BCUT2D eigenvalue weighted by Crippen LogP contribution is 2.46. The Hall–Kier alpha value is -3.96. The molecule has 3 aromatic rings. The summed E-state index contributed by atoms with van der Waals surface area (Å²) < 4.78 is 6.41. The molecule has 5 nitrogen and oxygen atoms in total. The van der Waals surface area contributed by atoms with E-state index in [2.05, 4.69) is 96.9 Å². The summed E-state index contributed by atoms with van der Waals surface area (Å²) in [5, 5.41) is 13.6. The van der Waals surface area contributed by atoms with Crippen molar-refractivity contribution in [3.63, 3.8) is 0 Å². The second-order valence-electron chi connectivity index (χ2n) is 10.6. The van der Waals surface area contributed by atoms with Crippen molar-refractivity contribution in [2.24, 2.45) is 0 Å². The van der Waals surface area contributed by atoms with E-state index < -0.39 is 0 Å². The molecule has 1 saturated heterocycles. The average molecular weight is 506 g/mol. The van der Waals surface area contributed by atoms with E-state index in [0.29, 0.717) is 5.75 Å². The maximum Gasteiger partial charge on any atom is 0.165 e. The Labute approximate surface area is 225 Å². The number of benzene rings is 3. The molecule has 5 heteroatoms. The third kappa shape index (κ3) is 4.82. The zero-order valence-corrected chi connectivity index (χ0v) is 22.3. The van der Waals surface area contributed by atoms with E-state index in [9.17, 15) is 5.11 Å². The van der Waals surface area contributed by atoms with Gasteiger partial charge >= 0.3 is 0 Å². The smallest absolute Gasteiger partial charge is 0.165 e. The molecule has 0 amide bonds. The molecule has 0 bridgehead atoms. The molecule has 0 aliphatic carbocycles. The van der Waals surface area contributed by atoms with Gasteiger partial charge < -0.3 is 25.0 Å². The van der Waals surface area contributed by atoms with Crippen molar-refractivity contribution >= 4 is 11.4 Å². The zero-order valence-electron chi connectivity index (χ0n) is 22.3. The molecule has 3 aromatic carbocycles. The topological polar surface area (TPSA) is 51.3 Å². The number of fused-ring (bicyclic) bond motifs is 3. The molecule has 2 unspecified atom stereocenters. The first-order chi connectivity index (χ1) is 18.5. The fraction of sp³-hybridized carbons (Fsp3) is 0.273. The van der Waals surface area contributed by atoms with E-state index in [1.54, 1.807) is 12.1 Å². The molecule has 2 N–H and O–H groups in total. The Morgan fingerprint density at radius 2 is 1.63 bits per heavy atom. The highest BCUT2D eigenvalue weighted by atomic mass is 16.6. The largest absolute Gasteiger partial charge is 0.508 e. The maximum atomic E-state index is 9.75. The fourth-order valence-electron chi connectivity index (χ4n) is 5.60. The van der Waals surface area contributed by atoms with Crippen LogP contribution in [0.3, 0.4) is 0 Å². The summed E-state index contributed by atoms with van der Waals surface area (Å²) in [7, 11) is 4.13. The van der Waals surface area contributed by atoms with Gasteiger partial charge in [0, 0.05) is 50.2 Å². The Bertz CT molecular complexity index is 1400. The molecule has 3 aliphatic heterocycles. The first kappa shape index (κ1) is 24.4. The van der Waals surface area contributed by atoms with Crippen LogP contribution in [-0.4, -0.2) is 36.4 Å². The SMILES string of the molecule is CCC1=C(Cc2ccc(O)cc2)C2OC2N2C=C(c3ccc(N(C)C)cc3)NC(Cc3ccccc3)=C2C1. The van der Waals surface area contributed by atoms with Gasteiger partial charge in [-0.15, -0.1) is 0 Å². The molecule has 38 heavy (non-hydrogen) atoms. The Balaban J connectivity index is 1.38. The molecule has 0 radical (unpaired) electrons. The van der Waals surface area contributed by atoms with Crippen LogP contribution >= 0.6 is 0 Å². The van der Waals surface area contributed by atoms with Crippen LogP contribution in [0.5, 0.6) is 5.75 Å². The quantitative estimate of drug-likeness (QED) is 0.296. The Kier molecular flexibility index (Phi) is 6.46. The molecular weight excluding hydrogens is 470 g/mol. The lowest BCUT2D eigenvalue weighted by Crippen LogP contribution is -2.32. The van der Waals surface area contributed by atoms with Crippen molar-refractivity contribution in [1.82, 2.24) is 10.2 Å². The minimum Gasteiger partial charge on any atom is -0.508 e. The van der Waals surface area contributed by atoms with Gasteiger partial charge in [-0.3, -0.25) is 0 Å². The van der Waals surface area contributed by atoms with Crippen molar-refractivity contribution < 1.29 is 9.84 Å². The van der Waals surface area contributed by atoms with Crippen molar-refractivity contribution in [2.45, 2.75) is 44.9 Å². The van der Waals surface area contributed by atoms with E-state index in [-0.39, 0.29) is 12.3 Å². The van der Waals surface area contributed by atoms with Crippen molar-refractivity contribution in [1.29, 1.82) is 0 Å². The first-order valence-corrected chi connectivity index (χ1v) is 13.4. The van der Waals surface area contributed by atoms with Gasteiger partial charge in [0.2, 0.25) is 0 Å². The second-order valence-corrected chi connectivity index (χ2v) is 10.6. The van der Waals surface area contributed by atoms with Gasteiger partial charge in [0.25, 0.3) is 0 Å². The van der Waals surface area contributed by atoms with E-state index in [4.69, 9.17) is 4.74 Å². The third-order valence-corrected chi connectivity index (χ3v) is 7.81. The van der Waals surface area contributed by atoms with Crippen molar-refractivity contribution in [3.8, 4) is 5.75 Å². The molecule has 3 aliphatic rings. The predicted molar refractivity (Wildman–Crippen MR) is 153 cm³/mol. The highest BCUT2D eigenvalue weighted by Gasteiger charge is 2.50. The Morgan fingerprint density at radius 1 is 0.921 bits per heavy atom. The van der Waals surface area contributed by atoms with Crippen LogP contribution in [0, 0.1) is 0 Å². The minimum atomic E-state index is 0.00471. The molecule has 0 saturated carbocycles. The van der Waals surface area contributed by atoms with Crippen molar-refractivity contribution in [3.05, 3.63) is 124 Å². The number of rotatable bonds is 7. The predicted octanol–water partition coefficient (Wildman–Crippen LogP) is 6.19. The van der Waals surface area contributed by atoms with Gasteiger partial charge in [0.05, 0.1) is 5.70 Å². The summed E-state index contributed by atoms with van der Waals surface area (Å²) in [6.07, 6.45) is 5.90. The number of nitrogens with zero attached hydrogens (tertiary/aromatic N) is 2. The van der Waals surface area contributed by atoms with Crippen LogP contribution in [0.1, 0.15) is 36.5 Å². The number of epoxide rings is 1. The van der Waals surface area contributed by atoms with Crippen LogP contribution in [0.15, 0.2) is 108 Å². The molecule has 0 aromatic heterocycles. The Morgan fingerprint density at radius 3 is 2.32 bits per heavy atom. The number of ether oxygens (including phenoxy) is 1. The van der Waals surface area contributed by atoms with E-state index in [1.165, 1.54) is 39.4 Å². The number of hydrogen-bond donors (Lipinski definition) is 2. The number of phenolic OH excluding ortho intramolecular Hbond substituents is 1. The first-order valence-electron chi connectivity index (χ1n) is 13.4. The zero-order chi connectivity index (χ0) is 26.2. The summed E-state index contributed by atoms with van der Waals surface area (Å²) >= 11 is 0. The monoisotopic (exact) mass is 505 g/mol. The molecule has 194 valence electrons. The van der Waals surface area contributed by atoms with Gasteiger partial charge in [-0.2, -0.15) is 0 Å². The number of anilines is 1. The van der Waals surface area contributed by atoms with Crippen LogP contribution < -0.4 is 10.2 Å². The summed E-state index contributed by atoms with van der Waals surface area (Å²) in [6.45, 7) is 2.25. The second kappa shape index (κ2) is 10.1. The van der Waals surface area contributed by atoms with Crippen LogP contribution in [0.4, 0.5) is 5.69 Å². The average Bonchev–Trinajstić information content (AvgIpc) is 3.74. The van der Waals surface area contributed by atoms with E-state index in [0.717, 1.165) is 36.9 Å². The van der Waals surface area contributed by atoms with Crippen molar-refractivity contribution in [2.75, 3.05) is 19.0 Å². The molecule has 2 atom stereocenters. The highest BCUT2D eigenvalue weighted by molar-refractivity contribution is 5.69. The van der Waals surface area contributed by atoms with Gasteiger partial charge in [-0.25, -0.2) is 0 Å². The summed E-state index contributed by atoms with van der Waals surface area (Å²) in [5.74, 6) is 0.301. The number of nitrogens with one attached hydrogen (secondary N) is 1. The van der Waals surface area contributed by atoms with Gasteiger partial charge in [0.1, 0.15) is 11.9 Å². The molecule has 0 spiro atoms. The summed E-state index contributed by atoms with van der Waals surface area (Å²) in [6, 6.07) is 27.0. The standard InChI is InChI=1S/C33H35N3O2/c1-4-24-20-31-29(19-22-8-6-5-7-9-22)34-30(25-12-14-26(15-13-25)35(2)3)21-36(31)33-32(38-33)28(24)18-23-10-16-27(37)17-11-23/h5-17,21,32-34,37H,4,18-20H2,1-3H3. The fourth-order valence-corrected chi connectivity index (χ4v) is 5.60. The lowest BCUT2D eigenvalue weighted by atomic mass is 9.93. The summed E-state index contributed by atoms with van der Waals surface area (Å²) in [5.41, 5.74) is 11.3. The molecule has 1 fully saturated rings. The van der Waals surface area contributed by atoms with Crippen LogP contribution in [0.2, 0.25) is 0 Å². The normalized spacial score (nSPS) is 20.3. The molecule has 6 rings (SSSR count). The third-order valence-electron chi connectivity index (χ3n) is 7.81. The van der Waals surface area contributed by atoms with Gasteiger partial charge in [-0.1, -0.05) is 67.1 Å². The lowest BCUT2D eigenvalue weighted by molar-refractivity contribution is 0.261. The number of aromatic hydroxyl groups is 1. The van der Waals surface area contributed by atoms with E-state index in [1.807, 2.05) is 12.1 Å². The molecular formula is C33H35N3O2. The number of phenols is 1. The minimum absolute atomic E-state index is 0.00471. The number of allylic oxidation sites excluding steroid dienone is 2.